The summed E-state index contributed by atoms with van der Waals surface area (Å²) < 4.78 is 33.6. The fraction of sp³-hybridized carbons (Fsp3) is 0.261. The molecule has 0 bridgehead atoms. The lowest BCUT2D eigenvalue weighted by atomic mass is 10.1. The number of nitrogens with one attached hydrogen (secondary N) is 3. The molecule has 0 radical (unpaired) electrons. The Morgan fingerprint density at radius 2 is 1.81 bits per heavy atom. The Hall–Kier alpha value is -3.14. The molecule has 0 saturated heterocycles. The standard InChI is InChI=1S/C23H28N4O4S/c1-27(2)21-12-6-11-20-19(21)10-7-13-22(20)32(29,30)25-15-14-24-23(28)26-17-8-4-5-9-18(16-17)31-3/h4-13,16,18,25H,14-15H2,1-3H3,(H2,24,26,28). The minimum absolute atomic E-state index is 0.0522. The van der Waals surface area contributed by atoms with Crippen molar-refractivity contribution in [1.82, 2.24) is 15.4 Å². The van der Waals surface area contributed by atoms with Crippen molar-refractivity contribution >= 4 is 32.5 Å². The van der Waals surface area contributed by atoms with Gasteiger partial charge in [0.25, 0.3) is 0 Å². The zero-order valence-electron chi connectivity index (χ0n) is 18.3. The van der Waals surface area contributed by atoms with E-state index in [9.17, 15) is 13.2 Å². The number of methoxy groups -OCH3 is 1. The molecule has 1 aliphatic carbocycles. The quantitative estimate of drug-likeness (QED) is 0.530. The van der Waals surface area contributed by atoms with Crippen LogP contribution in [-0.4, -0.2) is 54.8 Å². The van der Waals surface area contributed by atoms with Crippen LogP contribution in [0.15, 0.2) is 77.4 Å². The number of sulfonamides is 1. The number of rotatable bonds is 8. The van der Waals surface area contributed by atoms with Crippen LogP contribution in [0.1, 0.15) is 0 Å². The summed E-state index contributed by atoms with van der Waals surface area (Å²) in [5.41, 5.74) is 1.53. The van der Waals surface area contributed by atoms with Crippen molar-refractivity contribution in [3.05, 3.63) is 72.5 Å². The second-order valence-corrected chi connectivity index (χ2v) is 9.10. The van der Waals surface area contributed by atoms with E-state index in [1.54, 1.807) is 43.5 Å². The summed E-state index contributed by atoms with van der Waals surface area (Å²) in [6.45, 7) is 0.179. The average Bonchev–Trinajstić information content (AvgIpc) is 3.00. The zero-order valence-corrected chi connectivity index (χ0v) is 19.1. The first-order valence-electron chi connectivity index (χ1n) is 10.1. The number of fused-ring (bicyclic) bond motifs is 1. The van der Waals surface area contributed by atoms with Crippen molar-refractivity contribution in [1.29, 1.82) is 0 Å². The molecule has 1 unspecified atom stereocenters. The molecule has 9 heteroatoms. The Morgan fingerprint density at radius 3 is 2.56 bits per heavy atom. The first-order valence-corrected chi connectivity index (χ1v) is 11.6. The first kappa shape index (κ1) is 23.5. The highest BCUT2D eigenvalue weighted by atomic mass is 32.2. The van der Waals surface area contributed by atoms with Gasteiger partial charge in [-0.3, -0.25) is 0 Å². The Balaban J connectivity index is 1.60. The third-order valence-electron chi connectivity index (χ3n) is 4.89. The minimum Gasteiger partial charge on any atom is -0.377 e. The number of benzene rings is 2. The lowest BCUT2D eigenvalue weighted by molar-refractivity contribution is 0.177. The summed E-state index contributed by atoms with van der Waals surface area (Å²) in [7, 11) is 1.65. The Kier molecular flexibility index (Phi) is 7.68. The van der Waals surface area contributed by atoms with E-state index in [0.717, 1.165) is 11.1 Å². The Labute approximate surface area is 188 Å². The largest absolute Gasteiger partial charge is 0.377 e. The summed E-state index contributed by atoms with van der Waals surface area (Å²) in [6.07, 6.45) is 8.77. The van der Waals surface area contributed by atoms with Gasteiger partial charge in [0.2, 0.25) is 10.0 Å². The molecule has 0 saturated carbocycles. The summed E-state index contributed by atoms with van der Waals surface area (Å²) in [5, 5.41) is 6.86. The molecule has 1 aliphatic rings. The minimum atomic E-state index is -3.76. The number of nitrogens with zero attached hydrogens (tertiary/aromatic N) is 1. The van der Waals surface area contributed by atoms with E-state index in [1.807, 2.05) is 49.3 Å². The van der Waals surface area contributed by atoms with Crippen molar-refractivity contribution in [3.63, 3.8) is 0 Å². The molecule has 0 spiro atoms. The van der Waals surface area contributed by atoms with Crippen molar-refractivity contribution in [2.75, 3.05) is 39.2 Å². The number of carbonyl (C=O) groups excluding carboxylic acids is 1. The topological polar surface area (TPSA) is 99.8 Å². The molecule has 0 aliphatic heterocycles. The van der Waals surface area contributed by atoms with Gasteiger partial charge in [-0.25, -0.2) is 17.9 Å². The molecule has 2 amide bonds. The Morgan fingerprint density at radius 1 is 1.06 bits per heavy atom. The van der Waals surface area contributed by atoms with Crippen LogP contribution in [0.5, 0.6) is 0 Å². The van der Waals surface area contributed by atoms with Gasteiger partial charge < -0.3 is 20.3 Å². The molecule has 0 heterocycles. The normalized spacial score (nSPS) is 15.8. The number of anilines is 1. The van der Waals surface area contributed by atoms with Crippen LogP contribution in [0.25, 0.3) is 10.8 Å². The van der Waals surface area contributed by atoms with Gasteiger partial charge in [-0.2, -0.15) is 0 Å². The lowest BCUT2D eigenvalue weighted by Gasteiger charge is -2.17. The number of urea groups is 1. The molecule has 3 N–H and O–H groups in total. The van der Waals surface area contributed by atoms with E-state index in [1.165, 1.54) is 0 Å². The molecule has 32 heavy (non-hydrogen) atoms. The van der Waals surface area contributed by atoms with Gasteiger partial charge in [0.1, 0.15) is 0 Å². The van der Waals surface area contributed by atoms with Crippen molar-refractivity contribution < 1.29 is 17.9 Å². The predicted molar refractivity (Wildman–Crippen MR) is 127 cm³/mol. The van der Waals surface area contributed by atoms with Gasteiger partial charge in [-0.05, 0) is 24.3 Å². The molecule has 0 fully saturated rings. The maximum absolute atomic E-state index is 12.9. The second kappa shape index (κ2) is 10.4. The summed E-state index contributed by atoms with van der Waals surface area (Å²) in [4.78, 5) is 14.3. The van der Waals surface area contributed by atoms with E-state index >= 15 is 0 Å². The second-order valence-electron chi connectivity index (χ2n) is 7.37. The monoisotopic (exact) mass is 456 g/mol. The van der Waals surface area contributed by atoms with Gasteiger partial charge in [0.15, 0.2) is 0 Å². The summed E-state index contributed by atoms with van der Waals surface area (Å²) >= 11 is 0. The molecular formula is C23H28N4O4S. The maximum atomic E-state index is 12.9. The number of ether oxygens (including phenoxy) is 1. The van der Waals surface area contributed by atoms with Gasteiger partial charge in [0, 0.05) is 56.5 Å². The molecule has 3 rings (SSSR count). The highest BCUT2D eigenvalue weighted by molar-refractivity contribution is 7.89. The van der Waals surface area contributed by atoms with Crippen LogP contribution in [0.4, 0.5) is 10.5 Å². The smallest absolute Gasteiger partial charge is 0.319 e. The number of hydrogen-bond acceptors (Lipinski definition) is 5. The SMILES string of the molecule is COC1C=CC=CC(NC(=O)NCCNS(=O)(=O)c2cccc3c(N(C)C)cccc23)=C1. The highest BCUT2D eigenvalue weighted by Gasteiger charge is 2.18. The third-order valence-corrected chi connectivity index (χ3v) is 6.41. The number of carbonyl (C=O) groups is 1. The van der Waals surface area contributed by atoms with Crippen LogP contribution >= 0.6 is 0 Å². The van der Waals surface area contributed by atoms with Gasteiger partial charge in [-0.1, -0.05) is 42.5 Å². The molecule has 2 aromatic rings. The van der Waals surface area contributed by atoms with E-state index in [0.29, 0.717) is 11.1 Å². The molecule has 0 aromatic heterocycles. The number of hydrogen-bond donors (Lipinski definition) is 3. The molecule has 2 aromatic carbocycles. The van der Waals surface area contributed by atoms with Crippen LogP contribution in [-0.2, 0) is 14.8 Å². The Bertz CT molecular complexity index is 1170. The zero-order chi connectivity index (χ0) is 23.1. The van der Waals surface area contributed by atoms with Crippen LogP contribution in [0.3, 0.4) is 0 Å². The summed E-state index contributed by atoms with van der Waals surface area (Å²) in [6, 6.07) is 10.3. The van der Waals surface area contributed by atoms with Crippen molar-refractivity contribution in [3.8, 4) is 0 Å². The van der Waals surface area contributed by atoms with E-state index in [4.69, 9.17) is 4.74 Å². The van der Waals surface area contributed by atoms with Crippen molar-refractivity contribution in [2.24, 2.45) is 0 Å². The molecular weight excluding hydrogens is 428 g/mol. The van der Waals surface area contributed by atoms with Gasteiger partial charge >= 0.3 is 6.03 Å². The van der Waals surface area contributed by atoms with Crippen molar-refractivity contribution in [2.45, 2.75) is 11.0 Å². The molecule has 1 atom stereocenters. The average molecular weight is 457 g/mol. The van der Waals surface area contributed by atoms with Crippen LogP contribution < -0.4 is 20.3 Å². The summed E-state index contributed by atoms with van der Waals surface area (Å²) in [5.74, 6) is 0. The number of amides is 2. The lowest BCUT2D eigenvalue weighted by Crippen LogP contribution is -2.39. The number of allylic oxidation sites excluding steroid dienone is 3. The van der Waals surface area contributed by atoms with Gasteiger partial charge in [-0.15, -0.1) is 0 Å². The van der Waals surface area contributed by atoms with E-state index in [2.05, 4.69) is 15.4 Å². The van der Waals surface area contributed by atoms with E-state index in [-0.39, 0.29) is 24.1 Å². The third kappa shape index (κ3) is 5.76. The molecule has 8 nitrogen and oxygen atoms in total. The van der Waals surface area contributed by atoms with Gasteiger partial charge in [0.05, 0.1) is 11.0 Å². The molecule has 170 valence electrons. The first-order chi connectivity index (χ1) is 15.3. The van der Waals surface area contributed by atoms with E-state index < -0.39 is 16.1 Å². The fourth-order valence-corrected chi connectivity index (χ4v) is 4.61. The van der Waals surface area contributed by atoms with Crippen LogP contribution in [0, 0.1) is 0 Å². The fourth-order valence-electron chi connectivity index (χ4n) is 3.35. The maximum Gasteiger partial charge on any atom is 0.319 e. The van der Waals surface area contributed by atoms with Crippen LogP contribution in [0.2, 0.25) is 0 Å². The predicted octanol–water partition coefficient (Wildman–Crippen LogP) is 2.51. The highest BCUT2D eigenvalue weighted by Crippen LogP contribution is 2.29.